The molecule has 2 rings (SSSR count). The first kappa shape index (κ1) is 17.0. The Kier molecular flexibility index (Phi) is 6.39. The molecule has 1 heterocycles. The van der Waals surface area contributed by atoms with Gasteiger partial charge in [-0.3, -0.25) is 4.90 Å². The lowest BCUT2D eigenvalue weighted by molar-refractivity contribution is -0.0512. The van der Waals surface area contributed by atoms with Gasteiger partial charge in [-0.1, -0.05) is 6.07 Å². The van der Waals surface area contributed by atoms with Crippen LogP contribution >= 0.6 is 0 Å². The van der Waals surface area contributed by atoms with Crippen LogP contribution in [0.2, 0.25) is 0 Å². The number of alkyl halides is 2. The van der Waals surface area contributed by atoms with E-state index in [1.807, 2.05) is 13.1 Å². The molecule has 6 heteroatoms. The lowest BCUT2D eigenvalue weighted by Gasteiger charge is -2.32. The number of benzene rings is 1. The third-order valence-electron chi connectivity index (χ3n) is 3.95. The second-order valence-electron chi connectivity index (χ2n) is 5.66. The third-order valence-corrected chi connectivity index (χ3v) is 3.95. The maximum atomic E-state index is 12.3. The average Bonchev–Trinajstić information content (AvgIpc) is 2.49. The zero-order valence-corrected chi connectivity index (χ0v) is 13.1. The minimum atomic E-state index is -2.84. The van der Waals surface area contributed by atoms with Crippen LogP contribution in [0.3, 0.4) is 0 Å². The topological polar surface area (TPSA) is 33.7 Å². The molecule has 0 bridgehead atoms. The van der Waals surface area contributed by atoms with Gasteiger partial charge in [-0.2, -0.15) is 8.78 Å². The number of halogens is 2. The fourth-order valence-corrected chi connectivity index (χ4v) is 3.01. The number of nitrogens with one attached hydrogen (secondary N) is 1. The third kappa shape index (κ3) is 4.81. The molecule has 1 aliphatic heterocycles. The minimum absolute atomic E-state index is 0.0768. The van der Waals surface area contributed by atoms with Crippen LogP contribution in [0.15, 0.2) is 18.2 Å². The van der Waals surface area contributed by atoms with E-state index in [4.69, 9.17) is 4.74 Å². The summed E-state index contributed by atoms with van der Waals surface area (Å²) in [7, 11) is 3.44. The second kappa shape index (κ2) is 8.29. The fraction of sp³-hybridized carbons (Fsp3) is 0.625. The van der Waals surface area contributed by atoms with Crippen LogP contribution in [-0.2, 0) is 6.54 Å². The molecule has 1 atom stereocenters. The van der Waals surface area contributed by atoms with E-state index in [0.29, 0.717) is 11.7 Å². The number of likely N-dealkylation sites (tertiary alicyclic amines) is 1. The van der Waals surface area contributed by atoms with Crippen LogP contribution in [-0.4, -0.2) is 45.3 Å². The largest absolute Gasteiger partial charge is 0.493 e. The molecule has 1 fully saturated rings. The molecule has 0 radical (unpaired) electrons. The molecular formula is C16H24F2N2O2. The zero-order valence-electron chi connectivity index (χ0n) is 13.1. The van der Waals surface area contributed by atoms with Crippen molar-refractivity contribution in [1.82, 2.24) is 10.2 Å². The Labute approximate surface area is 130 Å². The van der Waals surface area contributed by atoms with Gasteiger partial charge in [0.15, 0.2) is 11.5 Å². The molecule has 4 nitrogen and oxygen atoms in total. The maximum Gasteiger partial charge on any atom is 0.387 e. The van der Waals surface area contributed by atoms with E-state index in [-0.39, 0.29) is 5.75 Å². The summed E-state index contributed by atoms with van der Waals surface area (Å²) in [6, 6.07) is 5.15. The standard InChI is InChI=1S/C16H24F2N2O2/c1-19-9-13-4-3-7-20(11-13)10-12-5-6-14(22-16(17)18)15(8-12)21-2/h5-6,8,13,16,19H,3-4,7,9-11H2,1-2H3. The van der Waals surface area contributed by atoms with Crippen LogP contribution in [0.4, 0.5) is 8.78 Å². The average molecular weight is 314 g/mol. The van der Waals surface area contributed by atoms with Crippen LogP contribution in [0, 0.1) is 5.92 Å². The van der Waals surface area contributed by atoms with Crippen molar-refractivity contribution < 1.29 is 18.3 Å². The number of piperidine rings is 1. The lowest BCUT2D eigenvalue weighted by Crippen LogP contribution is -2.38. The van der Waals surface area contributed by atoms with Crippen LogP contribution in [0.5, 0.6) is 11.5 Å². The summed E-state index contributed by atoms with van der Waals surface area (Å²) in [6.45, 7) is 1.10. The number of ether oxygens (including phenoxy) is 2. The summed E-state index contributed by atoms with van der Waals surface area (Å²) in [4.78, 5) is 2.40. The molecule has 0 saturated carbocycles. The van der Waals surface area contributed by atoms with Gasteiger partial charge in [0, 0.05) is 13.1 Å². The Morgan fingerprint density at radius 1 is 1.36 bits per heavy atom. The molecule has 22 heavy (non-hydrogen) atoms. The molecular weight excluding hydrogens is 290 g/mol. The predicted molar refractivity (Wildman–Crippen MR) is 81.6 cm³/mol. The monoisotopic (exact) mass is 314 g/mol. The molecule has 1 saturated heterocycles. The number of hydrogen-bond donors (Lipinski definition) is 1. The highest BCUT2D eigenvalue weighted by molar-refractivity contribution is 5.43. The molecule has 0 aromatic heterocycles. The van der Waals surface area contributed by atoms with E-state index in [0.717, 1.165) is 31.7 Å². The molecule has 1 unspecified atom stereocenters. The molecule has 1 aliphatic rings. The van der Waals surface area contributed by atoms with Gasteiger partial charge in [0.1, 0.15) is 0 Å². The Morgan fingerprint density at radius 2 is 2.18 bits per heavy atom. The summed E-state index contributed by atoms with van der Waals surface area (Å²) >= 11 is 0. The molecule has 0 aliphatic carbocycles. The summed E-state index contributed by atoms with van der Waals surface area (Å²) in [5.41, 5.74) is 1.04. The van der Waals surface area contributed by atoms with E-state index in [1.54, 1.807) is 12.1 Å². The molecule has 0 amide bonds. The first-order valence-electron chi connectivity index (χ1n) is 7.61. The minimum Gasteiger partial charge on any atom is -0.493 e. The number of hydrogen-bond acceptors (Lipinski definition) is 4. The molecule has 0 spiro atoms. The van der Waals surface area contributed by atoms with Gasteiger partial charge < -0.3 is 14.8 Å². The highest BCUT2D eigenvalue weighted by Gasteiger charge is 2.20. The Bertz CT molecular complexity index is 469. The SMILES string of the molecule is CNCC1CCCN(Cc2ccc(OC(F)F)c(OC)c2)C1. The maximum absolute atomic E-state index is 12.3. The van der Waals surface area contributed by atoms with Gasteiger partial charge >= 0.3 is 6.61 Å². The predicted octanol–water partition coefficient (Wildman–Crippen LogP) is 2.73. The van der Waals surface area contributed by atoms with E-state index in [2.05, 4.69) is 15.0 Å². The van der Waals surface area contributed by atoms with E-state index in [9.17, 15) is 8.78 Å². The number of rotatable bonds is 7. The Balaban J connectivity index is 2.00. The zero-order chi connectivity index (χ0) is 15.9. The van der Waals surface area contributed by atoms with Gasteiger partial charge in [0.25, 0.3) is 0 Å². The van der Waals surface area contributed by atoms with E-state index >= 15 is 0 Å². The highest BCUT2D eigenvalue weighted by Crippen LogP contribution is 2.30. The van der Waals surface area contributed by atoms with E-state index in [1.165, 1.54) is 20.0 Å². The van der Waals surface area contributed by atoms with Crippen LogP contribution in [0.25, 0.3) is 0 Å². The van der Waals surface area contributed by atoms with Gasteiger partial charge in [0.05, 0.1) is 7.11 Å². The summed E-state index contributed by atoms with van der Waals surface area (Å²) in [6.07, 6.45) is 2.44. The summed E-state index contributed by atoms with van der Waals surface area (Å²) < 4.78 is 34.3. The quantitative estimate of drug-likeness (QED) is 0.839. The van der Waals surface area contributed by atoms with Crippen LogP contribution < -0.4 is 14.8 Å². The second-order valence-corrected chi connectivity index (χ2v) is 5.66. The van der Waals surface area contributed by atoms with Crippen molar-refractivity contribution in [3.63, 3.8) is 0 Å². The van der Waals surface area contributed by atoms with Crippen molar-refractivity contribution in [1.29, 1.82) is 0 Å². The first-order chi connectivity index (χ1) is 10.6. The van der Waals surface area contributed by atoms with Crippen molar-refractivity contribution in [2.75, 3.05) is 33.8 Å². The molecule has 124 valence electrons. The number of methoxy groups -OCH3 is 1. The summed E-state index contributed by atoms with van der Waals surface area (Å²) in [5, 5.41) is 3.23. The van der Waals surface area contributed by atoms with Gasteiger partial charge in [0.2, 0.25) is 0 Å². The van der Waals surface area contributed by atoms with Crippen LogP contribution in [0.1, 0.15) is 18.4 Å². The van der Waals surface area contributed by atoms with Crippen molar-refractivity contribution in [3.8, 4) is 11.5 Å². The van der Waals surface area contributed by atoms with Gasteiger partial charge in [-0.05, 0) is 56.6 Å². The lowest BCUT2D eigenvalue weighted by atomic mass is 9.97. The van der Waals surface area contributed by atoms with Crippen molar-refractivity contribution in [2.45, 2.75) is 26.0 Å². The Hall–Kier alpha value is -1.40. The molecule has 1 N–H and O–H groups in total. The van der Waals surface area contributed by atoms with Gasteiger partial charge in [-0.25, -0.2) is 0 Å². The van der Waals surface area contributed by atoms with Gasteiger partial charge in [-0.15, -0.1) is 0 Å². The summed E-state index contributed by atoms with van der Waals surface area (Å²) in [5.74, 6) is 1.09. The normalized spacial score (nSPS) is 19.4. The highest BCUT2D eigenvalue weighted by atomic mass is 19.3. The Morgan fingerprint density at radius 3 is 2.86 bits per heavy atom. The first-order valence-corrected chi connectivity index (χ1v) is 7.61. The molecule has 1 aromatic rings. The molecule has 1 aromatic carbocycles. The smallest absolute Gasteiger partial charge is 0.387 e. The number of nitrogens with zero attached hydrogens (tertiary/aromatic N) is 1. The van der Waals surface area contributed by atoms with Crippen molar-refractivity contribution in [3.05, 3.63) is 23.8 Å². The van der Waals surface area contributed by atoms with Crippen molar-refractivity contribution in [2.24, 2.45) is 5.92 Å². The fourth-order valence-electron chi connectivity index (χ4n) is 3.01. The van der Waals surface area contributed by atoms with E-state index < -0.39 is 6.61 Å². The van der Waals surface area contributed by atoms with Crippen molar-refractivity contribution >= 4 is 0 Å².